The summed E-state index contributed by atoms with van der Waals surface area (Å²) < 4.78 is 0. The van der Waals surface area contributed by atoms with Crippen molar-refractivity contribution in [2.24, 2.45) is 0 Å². The van der Waals surface area contributed by atoms with Gasteiger partial charge in [-0.3, -0.25) is 4.79 Å². The molecule has 0 fully saturated rings. The zero-order chi connectivity index (χ0) is 12.4. The van der Waals surface area contributed by atoms with Crippen LogP contribution < -0.4 is 5.32 Å². The SMILES string of the molecule is CNC/C=C/CCN(C)C(=O)CCC(C)=O. The molecule has 4 heteroatoms. The number of ketones is 1. The molecule has 0 aliphatic rings. The third-order valence-corrected chi connectivity index (χ3v) is 2.24. The van der Waals surface area contributed by atoms with Crippen LogP contribution in [0.3, 0.4) is 0 Å². The molecular weight excluding hydrogens is 204 g/mol. The molecule has 0 saturated carbocycles. The summed E-state index contributed by atoms with van der Waals surface area (Å²) in [6.07, 6.45) is 5.61. The Kier molecular flexibility index (Phi) is 8.43. The molecule has 4 nitrogen and oxygen atoms in total. The van der Waals surface area contributed by atoms with Crippen LogP contribution in [0, 0.1) is 0 Å². The lowest BCUT2D eigenvalue weighted by molar-refractivity contribution is -0.131. The third-order valence-electron chi connectivity index (χ3n) is 2.24. The van der Waals surface area contributed by atoms with Gasteiger partial charge in [-0.1, -0.05) is 12.2 Å². The first-order valence-corrected chi connectivity index (χ1v) is 5.61. The lowest BCUT2D eigenvalue weighted by Crippen LogP contribution is -2.27. The second-order valence-corrected chi connectivity index (χ2v) is 3.84. The fraction of sp³-hybridized carbons (Fsp3) is 0.667. The maximum Gasteiger partial charge on any atom is 0.222 e. The number of amides is 1. The van der Waals surface area contributed by atoms with Crippen LogP contribution >= 0.6 is 0 Å². The predicted molar refractivity (Wildman–Crippen MR) is 65.2 cm³/mol. The van der Waals surface area contributed by atoms with Gasteiger partial charge in [-0.15, -0.1) is 0 Å². The van der Waals surface area contributed by atoms with Crippen LogP contribution in [0.1, 0.15) is 26.2 Å². The van der Waals surface area contributed by atoms with Crippen molar-refractivity contribution in [2.75, 3.05) is 27.2 Å². The summed E-state index contributed by atoms with van der Waals surface area (Å²) in [4.78, 5) is 23.9. The van der Waals surface area contributed by atoms with Gasteiger partial charge in [0.15, 0.2) is 0 Å². The van der Waals surface area contributed by atoms with Gasteiger partial charge in [0.05, 0.1) is 0 Å². The Hall–Kier alpha value is -1.16. The van der Waals surface area contributed by atoms with Crippen molar-refractivity contribution < 1.29 is 9.59 Å². The van der Waals surface area contributed by atoms with E-state index in [2.05, 4.69) is 5.32 Å². The number of hydrogen-bond donors (Lipinski definition) is 1. The molecular formula is C12H22N2O2. The van der Waals surface area contributed by atoms with E-state index in [4.69, 9.17) is 0 Å². The zero-order valence-electron chi connectivity index (χ0n) is 10.5. The van der Waals surface area contributed by atoms with Gasteiger partial charge >= 0.3 is 0 Å². The summed E-state index contributed by atoms with van der Waals surface area (Å²) in [5.74, 6) is 0.105. The van der Waals surface area contributed by atoms with Crippen molar-refractivity contribution in [1.82, 2.24) is 10.2 Å². The number of rotatable bonds is 8. The van der Waals surface area contributed by atoms with Crippen molar-refractivity contribution >= 4 is 11.7 Å². The van der Waals surface area contributed by atoms with Crippen LogP contribution in [-0.4, -0.2) is 43.8 Å². The van der Waals surface area contributed by atoms with Gasteiger partial charge in [-0.2, -0.15) is 0 Å². The monoisotopic (exact) mass is 226 g/mol. The first-order valence-electron chi connectivity index (χ1n) is 5.61. The molecule has 1 amide bonds. The molecule has 16 heavy (non-hydrogen) atoms. The minimum Gasteiger partial charge on any atom is -0.345 e. The maximum absolute atomic E-state index is 11.5. The maximum atomic E-state index is 11.5. The van der Waals surface area contributed by atoms with Gasteiger partial charge in [-0.05, 0) is 20.4 Å². The quantitative estimate of drug-likeness (QED) is 0.628. The summed E-state index contributed by atoms with van der Waals surface area (Å²) in [5.41, 5.74) is 0. The van der Waals surface area contributed by atoms with Crippen molar-refractivity contribution in [3.8, 4) is 0 Å². The Morgan fingerprint density at radius 1 is 1.25 bits per heavy atom. The number of nitrogens with one attached hydrogen (secondary N) is 1. The Bertz CT molecular complexity index is 249. The second-order valence-electron chi connectivity index (χ2n) is 3.84. The summed E-state index contributed by atoms with van der Waals surface area (Å²) >= 11 is 0. The van der Waals surface area contributed by atoms with Crippen LogP contribution in [0.4, 0.5) is 0 Å². The highest BCUT2D eigenvalue weighted by Crippen LogP contribution is 1.98. The fourth-order valence-corrected chi connectivity index (χ4v) is 1.19. The van der Waals surface area contributed by atoms with E-state index in [1.807, 2.05) is 19.2 Å². The van der Waals surface area contributed by atoms with E-state index >= 15 is 0 Å². The molecule has 0 bridgehead atoms. The van der Waals surface area contributed by atoms with Crippen LogP contribution in [-0.2, 0) is 9.59 Å². The molecule has 92 valence electrons. The highest BCUT2D eigenvalue weighted by Gasteiger charge is 2.08. The molecule has 0 heterocycles. The molecule has 0 atom stereocenters. The molecule has 0 aromatic rings. The van der Waals surface area contributed by atoms with Gasteiger partial charge in [0.25, 0.3) is 0 Å². The molecule has 0 unspecified atom stereocenters. The Morgan fingerprint density at radius 2 is 1.94 bits per heavy atom. The number of likely N-dealkylation sites (N-methyl/N-ethyl adjacent to an activating group) is 1. The summed E-state index contributed by atoms with van der Waals surface area (Å²) in [6, 6.07) is 0. The van der Waals surface area contributed by atoms with E-state index in [0.29, 0.717) is 19.4 Å². The van der Waals surface area contributed by atoms with Gasteiger partial charge in [0.1, 0.15) is 5.78 Å². The van der Waals surface area contributed by atoms with E-state index in [9.17, 15) is 9.59 Å². The van der Waals surface area contributed by atoms with Crippen molar-refractivity contribution in [2.45, 2.75) is 26.2 Å². The van der Waals surface area contributed by atoms with E-state index in [1.54, 1.807) is 11.9 Å². The average Bonchev–Trinajstić information content (AvgIpc) is 2.25. The highest BCUT2D eigenvalue weighted by molar-refractivity contribution is 5.83. The van der Waals surface area contributed by atoms with Gasteiger partial charge < -0.3 is 15.0 Å². The van der Waals surface area contributed by atoms with Crippen LogP contribution in [0.5, 0.6) is 0 Å². The number of Topliss-reactive ketones (excluding diaryl/α,β-unsaturated/α-hetero) is 1. The van der Waals surface area contributed by atoms with Crippen LogP contribution in [0.15, 0.2) is 12.2 Å². The van der Waals surface area contributed by atoms with Crippen molar-refractivity contribution in [3.05, 3.63) is 12.2 Å². The standard InChI is InChI=1S/C12H22N2O2/c1-11(15)7-8-12(16)14(3)10-6-4-5-9-13-2/h4-5,13H,6-10H2,1-3H3/b5-4+. The molecule has 0 spiro atoms. The largest absolute Gasteiger partial charge is 0.345 e. The molecule has 0 aliphatic heterocycles. The molecule has 0 rings (SSSR count). The van der Waals surface area contributed by atoms with Crippen molar-refractivity contribution in [3.63, 3.8) is 0 Å². The summed E-state index contributed by atoms with van der Waals surface area (Å²) in [6.45, 7) is 3.06. The minimum absolute atomic E-state index is 0.0391. The Morgan fingerprint density at radius 3 is 2.50 bits per heavy atom. The van der Waals surface area contributed by atoms with Gasteiger partial charge in [0, 0.05) is 33.0 Å². The Balaban J connectivity index is 3.66. The Labute approximate surface area is 97.7 Å². The zero-order valence-corrected chi connectivity index (χ0v) is 10.5. The first-order chi connectivity index (χ1) is 7.57. The first kappa shape index (κ1) is 14.8. The predicted octanol–water partition coefficient (Wildman–Crippen LogP) is 0.980. The number of hydrogen-bond acceptors (Lipinski definition) is 3. The van der Waals surface area contributed by atoms with Gasteiger partial charge in [0.2, 0.25) is 5.91 Å². The lowest BCUT2D eigenvalue weighted by Gasteiger charge is -2.15. The van der Waals surface area contributed by atoms with E-state index in [0.717, 1.165) is 13.0 Å². The topological polar surface area (TPSA) is 49.4 Å². The fourth-order valence-electron chi connectivity index (χ4n) is 1.19. The summed E-state index contributed by atoms with van der Waals surface area (Å²) in [5, 5.41) is 3.01. The van der Waals surface area contributed by atoms with E-state index in [-0.39, 0.29) is 11.7 Å². The number of carbonyl (C=O) groups is 2. The summed E-state index contributed by atoms with van der Waals surface area (Å²) in [7, 11) is 3.66. The molecule has 0 aromatic heterocycles. The smallest absolute Gasteiger partial charge is 0.222 e. The number of carbonyl (C=O) groups excluding carboxylic acids is 2. The lowest BCUT2D eigenvalue weighted by atomic mass is 10.2. The van der Waals surface area contributed by atoms with Crippen molar-refractivity contribution in [1.29, 1.82) is 0 Å². The molecule has 1 N–H and O–H groups in total. The molecule has 0 saturated heterocycles. The molecule has 0 radical (unpaired) electrons. The third kappa shape index (κ3) is 8.17. The highest BCUT2D eigenvalue weighted by atomic mass is 16.2. The number of nitrogens with zero attached hydrogens (tertiary/aromatic N) is 1. The molecule has 0 aliphatic carbocycles. The second kappa shape index (κ2) is 9.09. The molecule has 0 aromatic carbocycles. The normalized spacial score (nSPS) is 10.7. The van der Waals surface area contributed by atoms with Crippen LogP contribution in [0.2, 0.25) is 0 Å². The van der Waals surface area contributed by atoms with E-state index in [1.165, 1.54) is 6.92 Å². The minimum atomic E-state index is 0.0391. The van der Waals surface area contributed by atoms with E-state index < -0.39 is 0 Å². The van der Waals surface area contributed by atoms with Gasteiger partial charge in [-0.25, -0.2) is 0 Å². The van der Waals surface area contributed by atoms with Crippen LogP contribution in [0.25, 0.3) is 0 Å². The average molecular weight is 226 g/mol.